The fourth-order valence-electron chi connectivity index (χ4n) is 1.32. The Morgan fingerprint density at radius 2 is 1.88 bits per heavy atom. The Hall–Kier alpha value is 0.290. The molecule has 1 aromatic heterocycles. The Bertz CT molecular complexity index is 510. The van der Waals surface area contributed by atoms with E-state index < -0.39 is 0 Å². The predicted octanol–water partition coefficient (Wildman–Crippen LogP) is 5.90. The highest BCUT2D eigenvalue weighted by atomic mass is 79.9. The van der Waals surface area contributed by atoms with Crippen LogP contribution < -0.4 is 0 Å². The largest absolute Gasteiger partial charge is 0.207 e. The minimum atomic E-state index is -0.208. The molecular weight excluding hydrogens is 423 g/mol. The number of halogens is 4. The second-order valence-corrected chi connectivity index (χ2v) is 7.50. The highest BCUT2D eigenvalue weighted by molar-refractivity contribution is 9.11. The molecule has 1 heterocycles. The minimum Gasteiger partial charge on any atom is -0.207 e. The van der Waals surface area contributed by atoms with Crippen molar-refractivity contribution in [2.24, 2.45) is 0 Å². The highest BCUT2D eigenvalue weighted by Crippen LogP contribution is 2.38. The summed E-state index contributed by atoms with van der Waals surface area (Å²) in [6.07, 6.45) is 0. The summed E-state index contributed by atoms with van der Waals surface area (Å²) in [6.45, 7) is 0. The van der Waals surface area contributed by atoms with Gasteiger partial charge in [-0.25, -0.2) is 4.39 Å². The SMILES string of the molecule is Fc1cc(Br)ccc1C(Br)c1ccc(Br)s1. The summed E-state index contributed by atoms with van der Waals surface area (Å²) in [5, 5.41) is 0. The monoisotopic (exact) mass is 426 g/mol. The van der Waals surface area contributed by atoms with Gasteiger partial charge in [-0.05, 0) is 40.2 Å². The van der Waals surface area contributed by atoms with Crippen molar-refractivity contribution < 1.29 is 4.39 Å². The van der Waals surface area contributed by atoms with E-state index in [1.165, 1.54) is 6.07 Å². The van der Waals surface area contributed by atoms with E-state index in [2.05, 4.69) is 47.8 Å². The Morgan fingerprint density at radius 3 is 2.44 bits per heavy atom. The van der Waals surface area contributed by atoms with Gasteiger partial charge in [-0.15, -0.1) is 11.3 Å². The molecular formula is C11H6Br3FS. The first-order valence-electron chi connectivity index (χ1n) is 4.42. The van der Waals surface area contributed by atoms with Crippen LogP contribution in [-0.2, 0) is 0 Å². The fourth-order valence-corrected chi connectivity index (χ4v) is 3.88. The van der Waals surface area contributed by atoms with Gasteiger partial charge in [-0.2, -0.15) is 0 Å². The molecule has 16 heavy (non-hydrogen) atoms. The highest BCUT2D eigenvalue weighted by Gasteiger charge is 2.16. The van der Waals surface area contributed by atoms with Crippen molar-refractivity contribution in [1.82, 2.24) is 0 Å². The van der Waals surface area contributed by atoms with E-state index in [-0.39, 0.29) is 10.6 Å². The lowest BCUT2D eigenvalue weighted by atomic mass is 10.1. The lowest BCUT2D eigenvalue weighted by Gasteiger charge is -2.09. The van der Waals surface area contributed by atoms with Crippen LogP contribution in [0.1, 0.15) is 15.3 Å². The van der Waals surface area contributed by atoms with Crippen molar-refractivity contribution in [3.63, 3.8) is 0 Å². The van der Waals surface area contributed by atoms with Crippen LogP contribution in [-0.4, -0.2) is 0 Å². The number of hydrogen-bond acceptors (Lipinski definition) is 1. The fraction of sp³-hybridized carbons (Fsp3) is 0.0909. The van der Waals surface area contributed by atoms with Crippen LogP contribution in [0.4, 0.5) is 4.39 Å². The predicted molar refractivity (Wildman–Crippen MR) is 76.9 cm³/mol. The maximum absolute atomic E-state index is 13.7. The molecule has 1 aromatic carbocycles. The molecule has 0 saturated carbocycles. The summed E-state index contributed by atoms with van der Waals surface area (Å²) >= 11 is 11.8. The molecule has 1 unspecified atom stereocenters. The zero-order chi connectivity index (χ0) is 11.7. The average Bonchev–Trinajstić information content (AvgIpc) is 2.64. The maximum Gasteiger partial charge on any atom is 0.129 e. The third-order valence-corrected chi connectivity index (χ3v) is 5.55. The number of benzene rings is 1. The third-order valence-electron chi connectivity index (χ3n) is 2.08. The Labute approximate surface area is 122 Å². The molecule has 0 aliphatic rings. The van der Waals surface area contributed by atoms with Gasteiger partial charge in [0.05, 0.1) is 8.61 Å². The van der Waals surface area contributed by atoms with Gasteiger partial charge in [-0.3, -0.25) is 0 Å². The van der Waals surface area contributed by atoms with Crippen LogP contribution in [0.15, 0.2) is 38.6 Å². The van der Waals surface area contributed by atoms with Crippen LogP contribution in [0, 0.1) is 5.82 Å². The third kappa shape index (κ3) is 2.75. The summed E-state index contributed by atoms with van der Waals surface area (Å²) < 4.78 is 15.5. The molecule has 0 amide bonds. The molecule has 0 N–H and O–H groups in total. The Kier molecular flexibility index (Phi) is 4.21. The molecule has 2 aromatic rings. The van der Waals surface area contributed by atoms with Gasteiger partial charge in [0.25, 0.3) is 0 Å². The number of thiophene rings is 1. The van der Waals surface area contributed by atoms with E-state index in [9.17, 15) is 4.39 Å². The number of hydrogen-bond donors (Lipinski definition) is 0. The molecule has 0 spiro atoms. The summed E-state index contributed by atoms with van der Waals surface area (Å²) in [5.41, 5.74) is 0.651. The van der Waals surface area contributed by atoms with Gasteiger partial charge in [-0.1, -0.05) is 37.9 Å². The lowest BCUT2D eigenvalue weighted by Crippen LogP contribution is -1.94. The van der Waals surface area contributed by atoms with Crippen LogP contribution in [0.5, 0.6) is 0 Å². The van der Waals surface area contributed by atoms with E-state index in [0.717, 1.165) is 13.1 Å². The minimum absolute atomic E-state index is 0.100. The quantitative estimate of drug-likeness (QED) is 0.522. The van der Waals surface area contributed by atoms with Crippen molar-refractivity contribution in [2.45, 2.75) is 4.83 Å². The molecule has 0 bridgehead atoms. The van der Waals surface area contributed by atoms with Gasteiger partial charge in [0.15, 0.2) is 0 Å². The van der Waals surface area contributed by atoms with E-state index >= 15 is 0 Å². The lowest BCUT2D eigenvalue weighted by molar-refractivity contribution is 0.613. The second kappa shape index (κ2) is 5.29. The number of rotatable bonds is 2. The topological polar surface area (TPSA) is 0 Å². The molecule has 1 atom stereocenters. The second-order valence-electron chi connectivity index (χ2n) is 3.17. The van der Waals surface area contributed by atoms with Crippen LogP contribution >= 0.6 is 59.1 Å². The molecule has 0 aliphatic heterocycles. The van der Waals surface area contributed by atoms with Gasteiger partial charge in [0.1, 0.15) is 5.82 Å². The normalized spacial score (nSPS) is 12.8. The Morgan fingerprint density at radius 1 is 1.12 bits per heavy atom. The zero-order valence-corrected chi connectivity index (χ0v) is 13.5. The average molecular weight is 429 g/mol. The van der Waals surface area contributed by atoms with Gasteiger partial charge < -0.3 is 0 Å². The van der Waals surface area contributed by atoms with Crippen molar-refractivity contribution >= 4 is 59.1 Å². The summed E-state index contributed by atoms with van der Waals surface area (Å²) in [5.74, 6) is -0.208. The van der Waals surface area contributed by atoms with Crippen LogP contribution in [0.3, 0.4) is 0 Å². The maximum atomic E-state index is 13.7. The summed E-state index contributed by atoms with van der Waals surface area (Å²) in [7, 11) is 0. The van der Waals surface area contributed by atoms with Gasteiger partial charge in [0, 0.05) is 14.9 Å². The van der Waals surface area contributed by atoms with Crippen LogP contribution in [0.2, 0.25) is 0 Å². The smallest absolute Gasteiger partial charge is 0.129 e. The van der Waals surface area contributed by atoms with Gasteiger partial charge in [0.2, 0.25) is 0 Å². The first-order valence-corrected chi connectivity index (χ1v) is 7.74. The van der Waals surface area contributed by atoms with Crippen molar-refractivity contribution in [3.05, 3.63) is 54.8 Å². The molecule has 2 rings (SSSR count). The standard InChI is InChI=1S/C11H6Br3FS/c12-6-1-2-7(8(15)5-6)11(14)9-3-4-10(13)16-9/h1-5,11H. The molecule has 0 saturated heterocycles. The molecule has 0 aliphatic carbocycles. The zero-order valence-electron chi connectivity index (χ0n) is 7.88. The summed E-state index contributed by atoms with van der Waals surface area (Å²) in [6, 6.07) is 9.05. The van der Waals surface area contributed by atoms with Crippen LogP contribution in [0.25, 0.3) is 0 Å². The molecule has 0 nitrogen and oxygen atoms in total. The van der Waals surface area contributed by atoms with Gasteiger partial charge >= 0.3 is 0 Å². The summed E-state index contributed by atoms with van der Waals surface area (Å²) in [4.78, 5) is 0.977. The van der Waals surface area contributed by atoms with E-state index in [4.69, 9.17) is 0 Å². The van der Waals surface area contributed by atoms with E-state index in [1.54, 1.807) is 17.4 Å². The first-order chi connectivity index (χ1) is 7.58. The molecule has 5 heteroatoms. The Balaban J connectivity index is 2.37. The molecule has 0 radical (unpaired) electrons. The first kappa shape index (κ1) is 12.7. The van der Waals surface area contributed by atoms with Crippen molar-refractivity contribution in [1.29, 1.82) is 0 Å². The van der Waals surface area contributed by atoms with E-state index in [0.29, 0.717) is 5.56 Å². The van der Waals surface area contributed by atoms with Crippen molar-refractivity contribution in [2.75, 3.05) is 0 Å². The van der Waals surface area contributed by atoms with E-state index in [1.807, 2.05) is 18.2 Å². The molecule has 0 fully saturated rings. The van der Waals surface area contributed by atoms with Crippen molar-refractivity contribution in [3.8, 4) is 0 Å². The number of alkyl halides is 1. The molecule has 84 valence electrons.